The van der Waals surface area contributed by atoms with Crippen molar-refractivity contribution in [3.63, 3.8) is 0 Å². The number of fused-ring (bicyclic) bond motifs is 1. The minimum Gasteiger partial charge on any atom is -0.325 e. The Morgan fingerprint density at radius 3 is 2.75 bits per heavy atom. The molecule has 5 heteroatoms. The summed E-state index contributed by atoms with van der Waals surface area (Å²) in [7, 11) is 1.94. The maximum atomic E-state index is 12.3. The predicted octanol–water partition coefficient (Wildman–Crippen LogP) is 3.98. The maximum Gasteiger partial charge on any atom is 0.238 e. The molecule has 3 rings (SSSR count). The highest BCUT2D eigenvalue weighted by Crippen LogP contribution is 2.22. The van der Waals surface area contributed by atoms with Crippen LogP contribution < -0.4 is 5.32 Å². The van der Waals surface area contributed by atoms with E-state index >= 15 is 0 Å². The molecular weight excluding hydrogens is 318 g/mol. The number of hydrogen-bond donors (Lipinski definition) is 1. The molecule has 0 unspecified atom stereocenters. The first-order chi connectivity index (χ1) is 11.5. The van der Waals surface area contributed by atoms with Crippen molar-refractivity contribution < 1.29 is 4.79 Å². The van der Waals surface area contributed by atoms with Crippen molar-refractivity contribution in [2.45, 2.75) is 20.4 Å². The number of para-hydroxylation sites is 1. The summed E-state index contributed by atoms with van der Waals surface area (Å²) in [6.07, 6.45) is 0. The second-order valence-corrected chi connectivity index (χ2v) is 7.23. The molecule has 0 aliphatic rings. The molecule has 0 saturated carbocycles. The summed E-state index contributed by atoms with van der Waals surface area (Å²) in [6, 6.07) is 14.1. The second-order valence-electron chi connectivity index (χ2n) is 6.11. The molecule has 0 aliphatic carbocycles. The summed E-state index contributed by atoms with van der Waals surface area (Å²) in [5.74, 6) is -0.00874. The van der Waals surface area contributed by atoms with Crippen LogP contribution in [-0.2, 0) is 11.3 Å². The summed E-state index contributed by atoms with van der Waals surface area (Å²) in [4.78, 5) is 18.8. The normalized spacial score (nSPS) is 11.2. The standard InChI is InChI=1S/C19H21N3OS/c1-13-8-9-15(14(2)10-13)20-18(23)11-22(3)12-19-21-16-6-4-5-7-17(16)24-19/h4-10H,11-12H2,1-3H3,(H,20,23). The van der Waals surface area contributed by atoms with E-state index in [4.69, 9.17) is 0 Å². The number of amides is 1. The van der Waals surface area contributed by atoms with Crippen LogP contribution in [-0.4, -0.2) is 29.4 Å². The quantitative estimate of drug-likeness (QED) is 0.764. The lowest BCUT2D eigenvalue weighted by Crippen LogP contribution is -2.30. The highest BCUT2D eigenvalue weighted by Gasteiger charge is 2.11. The third-order valence-electron chi connectivity index (χ3n) is 3.81. The number of aryl methyl sites for hydroxylation is 2. The van der Waals surface area contributed by atoms with E-state index < -0.39 is 0 Å². The minimum absolute atomic E-state index is 0.00874. The van der Waals surface area contributed by atoms with E-state index in [-0.39, 0.29) is 5.91 Å². The van der Waals surface area contributed by atoms with Gasteiger partial charge in [-0.1, -0.05) is 29.8 Å². The van der Waals surface area contributed by atoms with Crippen molar-refractivity contribution in [3.05, 3.63) is 58.6 Å². The fraction of sp³-hybridized carbons (Fsp3) is 0.263. The molecule has 1 amide bonds. The zero-order valence-electron chi connectivity index (χ0n) is 14.2. The Morgan fingerprint density at radius 2 is 2.00 bits per heavy atom. The van der Waals surface area contributed by atoms with Gasteiger partial charge in [0, 0.05) is 5.69 Å². The molecule has 0 radical (unpaired) electrons. The van der Waals surface area contributed by atoms with Crippen molar-refractivity contribution in [2.75, 3.05) is 18.9 Å². The molecule has 0 saturated heterocycles. The number of aromatic nitrogens is 1. The van der Waals surface area contributed by atoms with E-state index in [0.29, 0.717) is 13.1 Å². The Hall–Kier alpha value is -2.24. The molecule has 0 spiro atoms. The van der Waals surface area contributed by atoms with Gasteiger partial charge in [0.05, 0.1) is 23.3 Å². The average Bonchev–Trinajstić information content (AvgIpc) is 2.91. The molecule has 0 bridgehead atoms. The van der Waals surface area contributed by atoms with Crippen LogP contribution in [0.4, 0.5) is 5.69 Å². The van der Waals surface area contributed by atoms with E-state index in [2.05, 4.69) is 22.4 Å². The molecule has 0 atom stereocenters. The number of carbonyl (C=O) groups excluding carboxylic acids is 1. The van der Waals surface area contributed by atoms with Crippen molar-refractivity contribution >= 4 is 33.1 Å². The number of likely N-dealkylation sites (N-methyl/N-ethyl adjacent to an activating group) is 1. The van der Waals surface area contributed by atoms with E-state index in [1.807, 2.05) is 56.1 Å². The summed E-state index contributed by atoms with van der Waals surface area (Å²) < 4.78 is 1.18. The van der Waals surface area contributed by atoms with Gasteiger partial charge in [0.2, 0.25) is 5.91 Å². The van der Waals surface area contributed by atoms with Crippen LogP contribution in [0.25, 0.3) is 10.2 Å². The van der Waals surface area contributed by atoms with Crippen LogP contribution in [0.5, 0.6) is 0 Å². The number of hydrogen-bond acceptors (Lipinski definition) is 4. The Balaban J connectivity index is 1.59. The van der Waals surface area contributed by atoms with Gasteiger partial charge in [-0.2, -0.15) is 0 Å². The van der Waals surface area contributed by atoms with E-state index in [9.17, 15) is 4.79 Å². The third kappa shape index (κ3) is 3.99. The van der Waals surface area contributed by atoms with Gasteiger partial charge in [0.1, 0.15) is 5.01 Å². The lowest BCUT2D eigenvalue weighted by molar-refractivity contribution is -0.117. The number of rotatable bonds is 5. The molecule has 0 fully saturated rings. The highest BCUT2D eigenvalue weighted by molar-refractivity contribution is 7.18. The fourth-order valence-corrected chi connectivity index (χ4v) is 3.71. The molecule has 124 valence electrons. The maximum absolute atomic E-state index is 12.3. The molecule has 3 aromatic rings. The van der Waals surface area contributed by atoms with Crippen LogP contribution >= 0.6 is 11.3 Å². The van der Waals surface area contributed by atoms with Gasteiger partial charge < -0.3 is 5.32 Å². The molecule has 0 aliphatic heterocycles. The van der Waals surface area contributed by atoms with Gasteiger partial charge >= 0.3 is 0 Å². The van der Waals surface area contributed by atoms with Crippen LogP contribution in [0.3, 0.4) is 0 Å². The SMILES string of the molecule is Cc1ccc(NC(=O)CN(C)Cc2nc3ccccc3s2)c(C)c1. The monoisotopic (exact) mass is 339 g/mol. The molecule has 24 heavy (non-hydrogen) atoms. The molecule has 4 nitrogen and oxygen atoms in total. The first kappa shape index (κ1) is 16.6. The van der Waals surface area contributed by atoms with Gasteiger partial charge in [-0.25, -0.2) is 4.98 Å². The number of nitrogens with zero attached hydrogens (tertiary/aromatic N) is 2. The van der Waals surface area contributed by atoms with Gasteiger partial charge in [-0.15, -0.1) is 11.3 Å². The molecular formula is C19H21N3OS. The largest absolute Gasteiger partial charge is 0.325 e. The number of anilines is 1. The van der Waals surface area contributed by atoms with Gasteiger partial charge in [-0.3, -0.25) is 9.69 Å². The van der Waals surface area contributed by atoms with Gasteiger partial charge in [-0.05, 0) is 44.7 Å². The van der Waals surface area contributed by atoms with E-state index in [1.54, 1.807) is 11.3 Å². The van der Waals surface area contributed by atoms with Crippen molar-refractivity contribution in [1.29, 1.82) is 0 Å². The smallest absolute Gasteiger partial charge is 0.238 e. The van der Waals surface area contributed by atoms with Crippen molar-refractivity contribution in [1.82, 2.24) is 9.88 Å². The fourth-order valence-electron chi connectivity index (χ4n) is 2.66. The Bertz CT molecular complexity index is 839. The lowest BCUT2D eigenvalue weighted by Gasteiger charge is -2.15. The predicted molar refractivity (Wildman–Crippen MR) is 100 cm³/mol. The van der Waals surface area contributed by atoms with Crippen LogP contribution in [0.1, 0.15) is 16.1 Å². The summed E-state index contributed by atoms with van der Waals surface area (Å²) in [6.45, 7) is 5.06. The zero-order valence-corrected chi connectivity index (χ0v) is 15.0. The van der Waals surface area contributed by atoms with Gasteiger partial charge in [0.25, 0.3) is 0 Å². The summed E-state index contributed by atoms with van der Waals surface area (Å²) in [5.41, 5.74) is 4.17. The van der Waals surface area contributed by atoms with Gasteiger partial charge in [0.15, 0.2) is 0 Å². The van der Waals surface area contributed by atoms with E-state index in [0.717, 1.165) is 21.8 Å². The van der Waals surface area contributed by atoms with Crippen LogP contribution in [0, 0.1) is 13.8 Å². The topological polar surface area (TPSA) is 45.2 Å². The van der Waals surface area contributed by atoms with Crippen molar-refractivity contribution in [2.24, 2.45) is 0 Å². The average molecular weight is 339 g/mol. The number of nitrogens with one attached hydrogen (secondary N) is 1. The van der Waals surface area contributed by atoms with Crippen molar-refractivity contribution in [3.8, 4) is 0 Å². The van der Waals surface area contributed by atoms with Crippen LogP contribution in [0.2, 0.25) is 0 Å². The Labute approximate surface area is 146 Å². The molecule has 1 heterocycles. The minimum atomic E-state index is -0.00874. The number of benzene rings is 2. The highest BCUT2D eigenvalue weighted by atomic mass is 32.1. The summed E-state index contributed by atoms with van der Waals surface area (Å²) in [5, 5.41) is 4.01. The zero-order chi connectivity index (χ0) is 17.1. The number of carbonyl (C=O) groups is 1. The molecule has 2 aromatic carbocycles. The summed E-state index contributed by atoms with van der Waals surface area (Å²) >= 11 is 1.68. The second kappa shape index (κ2) is 7.11. The number of thiazole rings is 1. The first-order valence-corrected chi connectivity index (χ1v) is 8.73. The van der Waals surface area contributed by atoms with E-state index in [1.165, 1.54) is 10.3 Å². The first-order valence-electron chi connectivity index (χ1n) is 7.91. The third-order valence-corrected chi connectivity index (χ3v) is 4.83. The molecule has 1 aromatic heterocycles. The van der Waals surface area contributed by atoms with Crippen LogP contribution in [0.15, 0.2) is 42.5 Å². The Kier molecular flexibility index (Phi) is 4.92. The molecule has 1 N–H and O–H groups in total. The lowest BCUT2D eigenvalue weighted by atomic mass is 10.1. The Morgan fingerprint density at radius 1 is 1.21 bits per heavy atom.